The number of benzene rings is 2. The highest BCUT2D eigenvalue weighted by Crippen LogP contribution is 2.26. The van der Waals surface area contributed by atoms with E-state index in [0.717, 1.165) is 18.4 Å². The van der Waals surface area contributed by atoms with Crippen LogP contribution < -0.4 is 9.62 Å². The number of nitrogens with one attached hydrogen (secondary N) is 1. The van der Waals surface area contributed by atoms with Crippen molar-refractivity contribution < 1.29 is 31.5 Å². The number of nitrogens with zero attached hydrogens (tertiary/aromatic N) is 1. The number of rotatable bonds is 6. The molecule has 0 aliphatic rings. The lowest BCUT2D eigenvalue weighted by Crippen LogP contribution is -2.45. The second kappa shape index (κ2) is 8.75. The van der Waals surface area contributed by atoms with Crippen molar-refractivity contribution in [3.63, 3.8) is 0 Å². The highest BCUT2D eigenvalue weighted by atomic mass is 35.5. The van der Waals surface area contributed by atoms with Gasteiger partial charge in [-0.05, 0) is 37.3 Å². The molecule has 0 saturated heterocycles. The minimum absolute atomic E-state index is 0.0464. The van der Waals surface area contributed by atoms with E-state index >= 15 is 0 Å². The summed E-state index contributed by atoms with van der Waals surface area (Å²) in [6, 6.07) is 5.12. The Hall–Kier alpha value is -2.72. The zero-order valence-corrected chi connectivity index (χ0v) is 17.1. The highest BCUT2D eigenvalue weighted by molar-refractivity contribution is 7.92. The van der Waals surface area contributed by atoms with Gasteiger partial charge < -0.3 is 10.1 Å². The molecule has 156 valence electrons. The van der Waals surface area contributed by atoms with Crippen molar-refractivity contribution >= 4 is 44.9 Å². The van der Waals surface area contributed by atoms with Crippen molar-refractivity contribution in [3.8, 4) is 0 Å². The van der Waals surface area contributed by atoms with E-state index in [2.05, 4.69) is 10.1 Å². The van der Waals surface area contributed by atoms with E-state index in [9.17, 15) is 26.8 Å². The van der Waals surface area contributed by atoms with Gasteiger partial charge in [0.05, 0.1) is 35.3 Å². The summed E-state index contributed by atoms with van der Waals surface area (Å²) in [5, 5.41) is 2.52. The van der Waals surface area contributed by atoms with Gasteiger partial charge in [-0.1, -0.05) is 11.6 Å². The molecule has 0 bridgehead atoms. The summed E-state index contributed by atoms with van der Waals surface area (Å²) >= 11 is 6.03. The van der Waals surface area contributed by atoms with E-state index in [-0.39, 0.29) is 22.0 Å². The van der Waals surface area contributed by atoms with Gasteiger partial charge in [-0.2, -0.15) is 0 Å². The minimum atomic E-state index is -4.04. The number of esters is 1. The molecule has 1 amide bonds. The fraction of sp³-hybridized carbons (Fsp3) is 0.222. The molecule has 0 unspecified atom stereocenters. The monoisotopic (exact) mass is 446 g/mol. The average molecular weight is 447 g/mol. The van der Waals surface area contributed by atoms with E-state index < -0.39 is 39.6 Å². The number of halogens is 3. The molecule has 0 spiro atoms. The predicted octanol–water partition coefficient (Wildman–Crippen LogP) is 3.20. The molecule has 0 aliphatic heterocycles. The van der Waals surface area contributed by atoms with Gasteiger partial charge in [0.2, 0.25) is 15.9 Å². The van der Waals surface area contributed by atoms with Crippen LogP contribution in [0.3, 0.4) is 0 Å². The van der Waals surface area contributed by atoms with Crippen molar-refractivity contribution in [2.75, 3.05) is 23.0 Å². The molecule has 0 radical (unpaired) electrons. The summed E-state index contributed by atoms with van der Waals surface area (Å²) in [7, 11) is -2.86. The Morgan fingerprint density at radius 2 is 1.79 bits per heavy atom. The number of anilines is 2. The standard InChI is InChI=1S/C18H17ClF2N2O5S/c1-10(23(29(3,26)27)12-5-7-14(20)15(21)9-12)17(24)22-16-8-11(18(25)28-2)4-6-13(16)19/h4-10H,1-3H3,(H,22,24)/t10-/m0/s1. The van der Waals surface area contributed by atoms with Crippen LogP contribution in [0.4, 0.5) is 20.2 Å². The molecule has 29 heavy (non-hydrogen) atoms. The third kappa shape index (κ3) is 5.21. The summed E-state index contributed by atoms with van der Waals surface area (Å²) in [5.74, 6) is -3.91. The first kappa shape index (κ1) is 22.6. The number of ether oxygens (including phenoxy) is 1. The second-order valence-electron chi connectivity index (χ2n) is 6.01. The molecule has 1 N–H and O–H groups in total. The van der Waals surface area contributed by atoms with Crippen molar-refractivity contribution in [1.82, 2.24) is 0 Å². The molecule has 1 atom stereocenters. The van der Waals surface area contributed by atoms with Crippen LogP contribution in [0.5, 0.6) is 0 Å². The maximum absolute atomic E-state index is 13.6. The van der Waals surface area contributed by atoms with E-state index in [4.69, 9.17) is 11.6 Å². The van der Waals surface area contributed by atoms with Crippen LogP contribution in [0.15, 0.2) is 36.4 Å². The van der Waals surface area contributed by atoms with Crippen molar-refractivity contribution in [2.24, 2.45) is 0 Å². The Bertz CT molecular complexity index is 1060. The lowest BCUT2D eigenvalue weighted by Gasteiger charge is -2.28. The number of methoxy groups -OCH3 is 1. The first-order chi connectivity index (χ1) is 13.5. The first-order valence-corrected chi connectivity index (χ1v) is 10.3. The van der Waals surface area contributed by atoms with Gasteiger partial charge in [0.1, 0.15) is 6.04 Å². The van der Waals surface area contributed by atoms with E-state index in [1.807, 2.05) is 0 Å². The molecule has 11 heteroatoms. The van der Waals surface area contributed by atoms with Gasteiger partial charge in [-0.25, -0.2) is 22.0 Å². The third-order valence-electron chi connectivity index (χ3n) is 3.89. The second-order valence-corrected chi connectivity index (χ2v) is 8.28. The Balaban J connectivity index is 2.37. The fourth-order valence-electron chi connectivity index (χ4n) is 2.53. The Labute approximate surface area is 171 Å². The Kier molecular flexibility index (Phi) is 6.81. The number of carbonyl (C=O) groups is 2. The van der Waals surface area contributed by atoms with Crippen LogP contribution in [0.25, 0.3) is 0 Å². The van der Waals surface area contributed by atoms with Gasteiger partial charge in [0.15, 0.2) is 11.6 Å². The topological polar surface area (TPSA) is 92.8 Å². The average Bonchev–Trinajstić information content (AvgIpc) is 2.64. The van der Waals surface area contributed by atoms with Gasteiger partial charge in [-0.15, -0.1) is 0 Å². The number of sulfonamides is 1. The molecule has 0 fully saturated rings. The quantitative estimate of drug-likeness (QED) is 0.688. The number of amides is 1. The van der Waals surface area contributed by atoms with Crippen LogP contribution in [0.2, 0.25) is 5.02 Å². The molecule has 0 aromatic heterocycles. The van der Waals surface area contributed by atoms with Crippen molar-refractivity contribution in [3.05, 3.63) is 58.6 Å². The summed E-state index contributed by atoms with van der Waals surface area (Å²) in [4.78, 5) is 24.3. The summed E-state index contributed by atoms with van der Waals surface area (Å²) in [6.45, 7) is 1.26. The minimum Gasteiger partial charge on any atom is -0.465 e. The molecular formula is C18H17ClF2N2O5S. The van der Waals surface area contributed by atoms with Crippen LogP contribution >= 0.6 is 11.6 Å². The largest absolute Gasteiger partial charge is 0.465 e. The fourth-order valence-corrected chi connectivity index (χ4v) is 3.87. The Morgan fingerprint density at radius 3 is 2.34 bits per heavy atom. The van der Waals surface area contributed by atoms with Crippen LogP contribution in [-0.2, 0) is 19.6 Å². The van der Waals surface area contributed by atoms with E-state index in [1.54, 1.807) is 0 Å². The molecule has 0 saturated carbocycles. The summed E-state index contributed by atoms with van der Waals surface area (Å²) < 4.78 is 56.5. The smallest absolute Gasteiger partial charge is 0.337 e. The zero-order valence-electron chi connectivity index (χ0n) is 15.6. The number of hydrogen-bond donors (Lipinski definition) is 1. The van der Waals surface area contributed by atoms with Gasteiger partial charge in [0, 0.05) is 6.07 Å². The van der Waals surface area contributed by atoms with Gasteiger partial charge in [-0.3, -0.25) is 9.10 Å². The molecule has 2 aromatic carbocycles. The van der Waals surface area contributed by atoms with Crippen LogP contribution in [0, 0.1) is 11.6 Å². The zero-order chi connectivity index (χ0) is 21.9. The highest BCUT2D eigenvalue weighted by Gasteiger charge is 2.30. The summed E-state index contributed by atoms with van der Waals surface area (Å²) in [6.07, 6.45) is 0.822. The van der Waals surface area contributed by atoms with Crippen LogP contribution in [0.1, 0.15) is 17.3 Å². The lowest BCUT2D eigenvalue weighted by atomic mass is 10.2. The number of carbonyl (C=O) groups excluding carboxylic acids is 2. The van der Waals surface area contributed by atoms with Gasteiger partial charge in [0.25, 0.3) is 0 Å². The molecule has 2 rings (SSSR count). The maximum Gasteiger partial charge on any atom is 0.337 e. The molecule has 2 aromatic rings. The normalized spacial score (nSPS) is 12.2. The first-order valence-electron chi connectivity index (χ1n) is 8.09. The third-order valence-corrected chi connectivity index (χ3v) is 5.46. The van der Waals surface area contributed by atoms with Gasteiger partial charge >= 0.3 is 5.97 Å². The van der Waals surface area contributed by atoms with Crippen molar-refractivity contribution in [2.45, 2.75) is 13.0 Å². The lowest BCUT2D eigenvalue weighted by molar-refractivity contribution is -0.116. The molecule has 0 aliphatic carbocycles. The number of hydrogen-bond acceptors (Lipinski definition) is 5. The molecule has 7 nitrogen and oxygen atoms in total. The molecule has 0 heterocycles. The SMILES string of the molecule is COC(=O)c1ccc(Cl)c(NC(=O)[C@H](C)N(c2ccc(F)c(F)c2)S(C)(=O)=O)c1. The van der Waals surface area contributed by atoms with Crippen molar-refractivity contribution in [1.29, 1.82) is 0 Å². The van der Waals surface area contributed by atoms with E-state index in [1.165, 1.54) is 32.2 Å². The maximum atomic E-state index is 13.6. The van der Waals surface area contributed by atoms with E-state index in [0.29, 0.717) is 10.4 Å². The Morgan fingerprint density at radius 1 is 1.14 bits per heavy atom. The van der Waals surface area contributed by atoms with Crippen LogP contribution in [-0.4, -0.2) is 39.7 Å². The molecular weight excluding hydrogens is 430 g/mol. The predicted molar refractivity (Wildman–Crippen MR) is 105 cm³/mol. The summed E-state index contributed by atoms with van der Waals surface area (Å²) in [5.41, 5.74) is -0.0750.